The van der Waals surface area contributed by atoms with Crippen LogP contribution in [-0.2, 0) is 14.8 Å². The number of amides is 1. The first-order valence-electron chi connectivity index (χ1n) is 10.4. The van der Waals surface area contributed by atoms with E-state index in [4.69, 9.17) is 0 Å². The first-order chi connectivity index (χ1) is 15.0. The summed E-state index contributed by atoms with van der Waals surface area (Å²) in [6, 6.07) is 7.18. The molecule has 8 nitrogen and oxygen atoms in total. The third-order valence-corrected chi connectivity index (χ3v) is 7.58. The van der Waals surface area contributed by atoms with Gasteiger partial charge in [-0.05, 0) is 81.5 Å². The van der Waals surface area contributed by atoms with Crippen molar-refractivity contribution in [2.24, 2.45) is 0 Å². The van der Waals surface area contributed by atoms with Crippen molar-refractivity contribution < 1.29 is 13.2 Å². The Hall–Kier alpha value is -3.04. The van der Waals surface area contributed by atoms with Crippen molar-refractivity contribution in [1.82, 2.24) is 19.9 Å². The van der Waals surface area contributed by atoms with Crippen LogP contribution in [0.1, 0.15) is 40.1 Å². The maximum Gasteiger partial charge on any atom is 0.241 e. The Bertz CT molecular complexity index is 1250. The molecular formula is C23H29N5O3S. The lowest BCUT2D eigenvalue weighted by Gasteiger charge is -2.19. The molecule has 0 fully saturated rings. The van der Waals surface area contributed by atoms with Crippen LogP contribution in [0.25, 0.3) is 11.4 Å². The predicted molar refractivity (Wildman–Crippen MR) is 125 cm³/mol. The lowest BCUT2D eigenvalue weighted by atomic mass is 9.95. The van der Waals surface area contributed by atoms with Gasteiger partial charge >= 0.3 is 0 Å². The van der Waals surface area contributed by atoms with Crippen LogP contribution in [0.5, 0.6) is 0 Å². The highest BCUT2D eigenvalue weighted by Crippen LogP contribution is 2.29. The Balaban J connectivity index is 1.65. The fourth-order valence-corrected chi connectivity index (χ4v) is 5.30. The van der Waals surface area contributed by atoms with Crippen LogP contribution in [0.2, 0.25) is 0 Å². The van der Waals surface area contributed by atoms with Gasteiger partial charge in [-0.2, -0.15) is 5.10 Å². The minimum atomic E-state index is -3.74. The topological polar surface area (TPSA) is 117 Å². The number of nitrogens with zero attached hydrogens (tertiary/aromatic N) is 2. The Morgan fingerprint density at radius 1 is 0.969 bits per heavy atom. The number of sulfonamides is 1. The first kappa shape index (κ1) is 23.6. The summed E-state index contributed by atoms with van der Waals surface area (Å²) in [5.74, 6) is 0.952. The first-order valence-corrected chi connectivity index (χ1v) is 11.9. The van der Waals surface area contributed by atoms with Gasteiger partial charge in [-0.15, -0.1) is 0 Å². The molecule has 3 rings (SSSR count). The maximum atomic E-state index is 13.0. The number of aromatic nitrogens is 3. The third-order valence-electron chi connectivity index (χ3n) is 5.85. The van der Waals surface area contributed by atoms with Crippen LogP contribution in [0.4, 0.5) is 5.69 Å². The lowest BCUT2D eigenvalue weighted by molar-refractivity contribution is -0.116. The summed E-state index contributed by atoms with van der Waals surface area (Å²) in [6.45, 7) is 11.3. The second-order valence-electron chi connectivity index (χ2n) is 7.98. The molecule has 0 aliphatic rings. The maximum absolute atomic E-state index is 13.0. The Kier molecular flexibility index (Phi) is 6.80. The molecule has 0 aliphatic heterocycles. The largest absolute Gasteiger partial charge is 0.326 e. The molecule has 3 N–H and O–H groups in total. The molecule has 0 spiro atoms. The predicted octanol–water partition coefficient (Wildman–Crippen LogP) is 3.63. The van der Waals surface area contributed by atoms with Gasteiger partial charge in [0.15, 0.2) is 5.82 Å². The average molecular weight is 456 g/mol. The van der Waals surface area contributed by atoms with Gasteiger partial charge in [0.2, 0.25) is 15.9 Å². The summed E-state index contributed by atoms with van der Waals surface area (Å²) < 4.78 is 28.5. The summed E-state index contributed by atoms with van der Waals surface area (Å²) in [4.78, 5) is 17.0. The number of anilines is 1. The highest BCUT2D eigenvalue weighted by molar-refractivity contribution is 7.89. The number of hydrogen-bond acceptors (Lipinski definition) is 5. The van der Waals surface area contributed by atoms with Crippen LogP contribution in [0.15, 0.2) is 29.2 Å². The molecule has 0 radical (unpaired) electrons. The van der Waals surface area contributed by atoms with E-state index in [1.807, 2.05) is 47.6 Å². The van der Waals surface area contributed by atoms with E-state index in [2.05, 4.69) is 25.2 Å². The molecule has 1 aromatic heterocycles. The zero-order chi connectivity index (χ0) is 23.6. The SMILES string of the molecule is Cc1nc(-c2cccc(NC(=O)CCNS(=O)(=O)c3c(C)c(C)c(C)c(C)c3C)c2)n[nH]1. The molecule has 1 heterocycles. The van der Waals surface area contributed by atoms with Crippen LogP contribution in [0, 0.1) is 41.5 Å². The van der Waals surface area contributed by atoms with Crippen molar-refractivity contribution in [3.8, 4) is 11.4 Å². The number of nitrogens with one attached hydrogen (secondary N) is 3. The average Bonchev–Trinajstić information content (AvgIpc) is 3.17. The summed E-state index contributed by atoms with van der Waals surface area (Å²) in [6.07, 6.45) is 0.00510. The summed E-state index contributed by atoms with van der Waals surface area (Å²) >= 11 is 0. The van der Waals surface area contributed by atoms with Crippen LogP contribution in [0.3, 0.4) is 0 Å². The number of H-pyrrole nitrogens is 1. The van der Waals surface area contributed by atoms with Gasteiger partial charge in [-0.3, -0.25) is 9.89 Å². The Labute approximate surface area is 188 Å². The van der Waals surface area contributed by atoms with Gasteiger partial charge in [-0.1, -0.05) is 12.1 Å². The number of carbonyl (C=O) groups excluding carboxylic acids is 1. The van der Waals surface area contributed by atoms with E-state index in [0.717, 1.165) is 33.4 Å². The summed E-state index contributed by atoms with van der Waals surface area (Å²) in [5, 5.41) is 9.70. The number of aromatic amines is 1. The van der Waals surface area contributed by atoms with Gasteiger partial charge in [-0.25, -0.2) is 18.1 Å². The molecular weight excluding hydrogens is 426 g/mol. The molecule has 9 heteroatoms. The van der Waals surface area contributed by atoms with E-state index in [1.165, 1.54) is 0 Å². The van der Waals surface area contributed by atoms with Crippen molar-refractivity contribution >= 4 is 21.6 Å². The number of aryl methyl sites for hydroxylation is 1. The van der Waals surface area contributed by atoms with E-state index in [1.54, 1.807) is 18.2 Å². The second kappa shape index (κ2) is 9.22. The molecule has 0 saturated heterocycles. The van der Waals surface area contributed by atoms with Gasteiger partial charge in [0, 0.05) is 24.2 Å². The molecule has 1 amide bonds. The summed E-state index contributed by atoms with van der Waals surface area (Å²) in [7, 11) is -3.74. The number of rotatable bonds is 7. The Morgan fingerprint density at radius 2 is 1.59 bits per heavy atom. The van der Waals surface area contributed by atoms with E-state index in [9.17, 15) is 13.2 Å². The van der Waals surface area contributed by atoms with E-state index in [0.29, 0.717) is 22.2 Å². The normalized spacial score (nSPS) is 11.6. The highest BCUT2D eigenvalue weighted by Gasteiger charge is 2.23. The monoisotopic (exact) mass is 455 g/mol. The molecule has 0 atom stereocenters. The van der Waals surface area contributed by atoms with Crippen LogP contribution >= 0.6 is 0 Å². The fraction of sp³-hybridized carbons (Fsp3) is 0.348. The van der Waals surface area contributed by atoms with Crippen molar-refractivity contribution in [3.63, 3.8) is 0 Å². The standard InChI is InChI=1S/C23H29N5O3S/c1-13-14(2)16(4)22(17(5)15(13)3)32(30,31)24-11-10-21(29)26-20-9-7-8-19(12-20)23-25-18(6)27-28-23/h7-9,12,24H,10-11H2,1-6H3,(H,26,29)(H,25,27,28). The van der Waals surface area contributed by atoms with Crippen molar-refractivity contribution in [2.75, 3.05) is 11.9 Å². The third kappa shape index (κ3) is 4.89. The number of hydrogen-bond donors (Lipinski definition) is 3. The second-order valence-corrected chi connectivity index (χ2v) is 9.68. The van der Waals surface area contributed by atoms with Crippen LogP contribution < -0.4 is 10.0 Å². The minimum absolute atomic E-state index is 0.00117. The Morgan fingerprint density at radius 3 is 2.19 bits per heavy atom. The molecule has 32 heavy (non-hydrogen) atoms. The van der Waals surface area contributed by atoms with Gasteiger partial charge in [0.05, 0.1) is 4.90 Å². The fourth-order valence-electron chi connectivity index (χ4n) is 3.67. The molecule has 3 aromatic rings. The molecule has 0 bridgehead atoms. The van der Waals surface area contributed by atoms with Crippen molar-refractivity contribution in [1.29, 1.82) is 0 Å². The zero-order valence-electron chi connectivity index (χ0n) is 19.3. The summed E-state index contributed by atoms with van der Waals surface area (Å²) in [5.41, 5.74) is 5.86. The number of benzene rings is 2. The smallest absolute Gasteiger partial charge is 0.241 e. The molecule has 170 valence electrons. The minimum Gasteiger partial charge on any atom is -0.326 e. The zero-order valence-corrected chi connectivity index (χ0v) is 20.1. The quantitative estimate of drug-likeness (QED) is 0.503. The number of carbonyl (C=O) groups is 1. The molecule has 0 aliphatic carbocycles. The van der Waals surface area contributed by atoms with Gasteiger partial charge < -0.3 is 5.32 Å². The van der Waals surface area contributed by atoms with Crippen molar-refractivity contribution in [2.45, 2.75) is 52.9 Å². The van der Waals surface area contributed by atoms with Crippen molar-refractivity contribution in [3.05, 3.63) is 57.9 Å². The molecule has 2 aromatic carbocycles. The van der Waals surface area contributed by atoms with E-state index >= 15 is 0 Å². The van der Waals surface area contributed by atoms with E-state index in [-0.39, 0.29) is 18.9 Å². The van der Waals surface area contributed by atoms with Gasteiger partial charge in [0.1, 0.15) is 5.82 Å². The molecule has 0 saturated carbocycles. The highest BCUT2D eigenvalue weighted by atomic mass is 32.2. The van der Waals surface area contributed by atoms with Crippen LogP contribution in [-0.4, -0.2) is 36.1 Å². The van der Waals surface area contributed by atoms with Gasteiger partial charge in [0.25, 0.3) is 0 Å². The lowest BCUT2D eigenvalue weighted by Crippen LogP contribution is -2.29. The molecule has 0 unspecified atom stereocenters. The van der Waals surface area contributed by atoms with E-state index < -0.39 is 10.0 Å².